The predicted octanol–water partition coefficient (Wildman–Crippen LogP) is 3.66. The molecule has 0 bridgehead atoms. The van der Waals surface area contributed by atoms with Crippen LogP contribution in [-0.4, -0.2) is 15.3 Å². The molecule has 2 aromatic rings. The van der Waals surface area contributed by atoms with Crippen LogP contribution >= 0.6 is 15.9 Å². The van der Waals surface area contributed by atoms with E-state index in [0.717, 1.165) is 15.7 Å². The number of rotatable bonds is 3. The zero-order chi connectivity index (χ0) is 14.0. The summed E-state index contributed by atoms with van der Waals surface area (Å²) >= 11 is 3.37. The van der Waals surface area contributed by atoms with Gasteiger partial charge in [-0.1, -0.05) is 0 Å². The lowest BCUT2D eigenvalue weighted by atomic mass is 10.1. The quantitative estimate of drug-likeness (QED) is 0.933. The maximum atomic E-state index is 13.4. The Morgan fingerprint density at radius 2 is 2.11 bits per heavy atom. The van der Waals surface area contributed by atoms with Crippen molar-refractivity contribution in [1.82, 2.24) is 15.1 Å². The van der Waals surface area contributed by atoms with Gasteiger partial charge in [-0.05, 0) is 60.5 Å². The zero-order valence-corrected chi connectivity index (χ0v) is 12.8. The molecule has 1 aromatic carbocycles. The van der Waals surface area contributed by atoms with Gasteiger partial charge in [0, 0.05) is 18.3 Å². The van der Waals surface area contributed by atoms with Crippen LogP contribution in [0, 0.1) is 5.82 Å². The molecule has 0 aliphatic rings. The van der Waals surface area contributed by atoms with Gasteiger partial charge in [-0.2, -0.15) is 5.10 Å². The van der Waals surface area contributed by atoms with Gasteiger partial charge in [0.15, 0.2) is 0 Å². The first-order chi connectivity index (χ1) is 8.85. The first kappa shape index (κ1) is 14.2. The molecule has 102 valence electrons. The molecular weight excluding hydrogens is 309 g/mol. The lowest BCUT2D eigenvalue weighted by Gasteiger charge is -2.21. The van der Waals surface area contributed by atoms with Crippen molar-refractivity contribution in [2.75, 3.05) is 0 Å². The summed E-state index contributed by atoms with van der Waals surface area (Å²) in [4.78, 5) is 0. The third-order valence-corrected chi connectivity index (χ3v) is 3.06. The van der Waals surface area contributed by atoms with E-state index in [1.807, 2.05) is 6.20 Å². The van der Waals surface area contributed by atoms with Gasteiger partial charge in [0.2, 0.25) is 0 Å². The predicted molar refractivity (Wildman–Crippen MR) is 77.8 cm³/mol. The van der Waals surface area contributed by atoms with Gasteiger partial charge in [0.25, 0.3) is 0 Å². The minimum atomic E-state index is -0.235. The van der Waals surface area contributed by atoms with E-state index in [4.69, 9.17) is 0 Å². The Kier molecular flexibility index (Phi) is 4.06. The van der Waals surface area contributed by atoms with Crippen LogP contribution < -0.4 is 5.32 Å². The number of aromatic nitrogens is 2. The summed E-state index contributed by atoms with van der Waals surface area (Å²) in [5, 5.41) is 7.60. The summed E-state index contributed by atoms with van der Waals surface area (Å²) in [5.74, 6) is -0.235. The molecule has 1 aromatic heterocycles. The molecule has 1 N–H and O–H groups in total. The Morgan fingerprint density at radius 3 is 2.68 bits per heavy atom. The van der Waals surface area contributed by atoms with E-state index in [1.165, 1.54) is 6.07 Å². The highest BCUT2D eigenvalue weighted by molar-refractivity contribution is 9.10. The number of benzene rings is 1. The van der Waals surface area contributed by atoms with Gasteiger partial charge in [-0.25, -0.2) is 9.07 Å². The maximum absolute atomic E-state index is 13.4. The minimum Gasteiger partial charge on any atom is -0.308 e. The molecule has 5 heteroatoms. The van der Waals surface area contributed by atoms with Crippen molar-refractivity contribution >= 4 is 15.9 Å². The molecule has 0 unspecified atom stereocenters. The second kappa shape index (κ2) is 5.43. The standard InChI is InChI=1S/C14H17BrFN3/c1-14(2,3)17-7-10-6-12(16)4-5-13(10)19-9-11(15)8-18-19/h4-6,8-9,17H,7H2,1-3H3. The first-order valence-electron chi connectivity index (χ1n) is 6.09. The van der Waals surface area contributed by atoms with Crippen LogP contribution in [-0.2, 0) is 6.54 Å². The van der Waals surface area contributed by atoms with Crippen molar-refractivity contribution in [1.29, 1.82) is 0 Å². The van der Waals surface area contributed by atoms with Crippen LogP contribution in [0.3, 0.4) is 0 Å². The SMILES string of the molecule is CC(C)(C)NCc1cc(F)ccc1-n1cc(Br)cn1. The Balaban J connectivity index is 2.33. The molecule has 0 aliphatic heterocycles. The normalized spacial score (nSPS) is 11.8. The molecule has 0 radical (unpaired) electrons. The Morgan fingerprint density at radius 1 is 1.37 bits per heavy atom. The third kappa shape index (κ3) is 3.88. The number of nitrogens with one attached hydrogen (secondary N) is 1. The molecule has 0 saturated heterocycles. The van der Waals surface area contributed by atoms with E-state index in [-0.39, 0.29) is 11.4 Å². The van der Waals surface area contributed by atoms with E-state index < -0.39 is 0 Å². The summed E-state index contributed by atoms with van der Waals surface area (Å²) in [5.41, 5.74) is 1.74. The fourth-order valence-corrected chi connectivity index (χ4v) is 2.00. The fourth-order valence-electron chi connectivity index (χ4n) is 1.71. The summed E-state index contributed by atoms with van der Waals surface area (Å²) in [7, 11) is 0. The molecule has 0 saturated carbocycles. The lowest BCUT2D eigenvalue weighted by molar-refractivity contribution is 0.423. The van der Waals surface area contributed by atoms with Gasteiger partial charge >= 0.3 is 0 Å². The van der Waals surface area contributed by atoms with E-state index in [0.29, 0.717) is 6.54 Å². The number of hydrogen-bond acceptors (Lipinski definition) is 2. The van der Waals surface area contributed by atoms with Crippen molar-refractivity contribution in [3.8, 4) is 5.69 Å². The second-order valence-corrected chi connectivity index (χ2v) is 6.40. The first-order valence-corrected chi connectivity index (χ1v) is 6.88. The van der Waals surface area contributed by atoms with Crippen molar-refractivity contribution in [3.63, 3.8) is 0 Å². The molecule has 19 heavy (non-hydrogen) atoms. The van der Waals surface area contributed by atoms with Crippen LogP contribution in [0.1, 0.15) is 26.3 Å². The molecule has 0 fully saturated rings. The number of halogens is 2. The smallest absolute Gasteiger partial charge is 0.123 e. The molecule has 0 amide bonds. The summed E-state index contributed by atoms with van der Waals surface area (Å²) < 4.78 is 16.1. The van der Waals surface area contributed by atoms with Crippen molar-refractivity contribution in [2.45, 2.75) is 32.9 Å². The Bertz CT molecular complexity index is 572. The van der Waals surface area contributed by atoms with Gasteiger partial charge in [0.1, 0.15) is 5.82 Å². The average Bonchev–Trinajstić information content (AvgIpc) is 2.72. The second-order valence-electron chi connectivity index (χ2n) is 5.48. The fraction of sp³-hybridized carbons (Fsp3) is 0.357. The van der Waals surface area contributed by atoms with E-state index in [1.54, 1.807) is 23.0 Å². The highest BCUT2D eigenvalue weighted by Crippen LogP contribution is 2.19. The van der Waals surface area contributed by atoms with Crippen molar-refractivity contribution in [2.24, 2.45) is 0 Å². The Labute approximate surface area is 121 Å². The van der Waals surface area contributed by atoms with Gasteiger partial charge in [-0.15, -0.1) is 0 Å². The summed E-state index contributed by atoms with van der Waals surface area (Å²) in [6.45, 7) is 6.83. The maximum Gasteiger partial charge on any atom is 0.123 e. The molecule has 0 spiro atoms. The highest BCUT2D eigenvalue weighted by Gasteiger charge is 2.12. The largest absolute Gasteiger partial charge is 0.308 e. The molecular formula is C14H17BrFN3. The number of hydrogen-bond donors (Lipinski definition) is 1. The van der Waals surface area contributed by atoms with E-state index in [2.05, 4.69) is 47.1 Å². The van der Waals surface area contributed by atoms with E-state index >= 15 is 0 Å². The van der Waals surface area contributed by atoms with Crippen LogP contribution in [0.5, 0.6) is 0 Å². The highest BCUT2D eigenvalue weighted by atomic mass is 79.9. The Hall–Kier alpha value is -1.20. The van der Waals surface area contributed by atoms with Gasteiger partial charge < -0.3 is 5.32 Å². The summed E-state index contributed by atoms with van der Waals surface area (Å²) in [6, 6.07) is 4.74. The third-order valence-electron chi connectivity index (χ3n) is 2.65. The molecule has 0 atom stereocenters. The van der Waals surface area contributed by atoms with Crippen molar-refractivity contribution < 1.29 is 4.39 Å². The molecule has 2 rings (SSSR count). The summed E-state index contributed by atoms with van der Waals surface area (Å²) in [6.07, 6.45) is 3.57. The van der Waals surface area contributed by atoms with E-state index in [9.17, 15) is 4.39 Å². The average molecular weight is 326 g/mol. The number of nitrogens with zero attached hydrogens (tertiary/aromatic N) is 2. The zero-order valence-electron chi connectivity index (χ0n) is 11.2. The minimum absolute atomic E-state index is 0.0196. The molecule has 3 nitrogen and oxygen atoms in total. The van der Waals surface area contributed by atoms with Crippen LogP contribution in [0.2, 0.25) is 0 Å². The van der Waals surface area contributed by atoms with Crippen LogP contribution in [0.4, 0.5) is 4.39 Å². The molecule has 1 heterocycles. The van der Waals surface area contributed by atoms with Crippen molar-refractivity contribution in [3.05, 3.63) is 46.4 Å². The van der Waals surface area contributed by atoms with Gasteiger partial charge in [0.05, 0.1) is 16.4 Å². The van der Waals surface area contributed by atoms with Gasteiger partial charge in [-0.3, -0.25) is 0 Å². The lowest BCUT2D eigenvalue weighted by Crippen LogP contribution is -2.35. The topological polar surface area (TPSA) is 29.9 Å². The monoisotopic (exact) mass is 325 g/mol. The van der Waals surface area contributed by atoms with Crippen LogP contribution in [0.25, 0.3) is 5.69 Å². The van der Waals surface area contributed by atoms with Crippen LogP contribution in [0.15, 0.2) is 35.1 Å². The molecule has 0 aliphatic carbocycles.